The van der Waals surface area contributed by atoms with Crippen molar-refractivity contribution in [2.75, 3.05) is 18.4 Å². The highest BCUT2D eigenvalue weighted by Crippen LogP contribution is 2.07. The molecule has 0 saturated heterocycles. The number of para-hydroxylation sites is 2. The van der Waals surface area contributed by atoms with E-state index in [1.54, 1.807) is 12.1 Å². The van der Waals surface area contributed by atoms with Gasteiger partial charge in [0.15, 0.2) is 0 Å². The molecule has 8 nitrogen and oxygen atoms in total. The summed E-state index contributed by atoms with van der Waals surface area (Å²) in [6.45, 7) is 2.73. The average molecular weight is 338 g/mol. The van der Waals surface area contributed by atoms with Crippen molar-refractivity contribution in [3.63, 3.8) is 0 Å². The van der Waals surface area contributed by atoms with Crippen LogP contribution < -0.4 is 16.2 Å². The van der Waals surface area contributed by atoms with Crippen LogP contribution in [0.2, 0.25) is 0 Å². The van der Waals surface area contributed by atoms with Gasteiger partial charge >= 0.3 is 0 Å². The third-order valence-electron chi connectivity index (χ3n) is 3.61. The fraction of sp³-hybridized carbons (Fsp3) is 0.235. The van der Waals surface area contributed by atoms with Gasteiger partial charge in [0.2, 0.25) is 5.91 Å². The van der Waals surface area contributed by atoms with Crippen molar-refractivity contribution in [2.24, 2.45) is 0 Å². The third kappa shape index (κ3) is 4.17. The molecule has 2 N–H and O–H groups in total. The number of anilines is 1. The van der Waals surface area contributed by atoms with Crippen LogP contribution >= 0.6 is 0 Å². The molecule has 0 aliphatic carbocycles. The second kappa shape index (κ2) is 7.52. The summed E-state index contributed by atoms with van der Waals surface area (Å²) < 4.78 is 1.41. The Bertz CT molecular complexity index is 936. The molecule has 0 bridgehead atoms. The van der Waals surface area contributed by atoms with E-state index in [2.05, 4.69) is 25.8 Å². The second-order valence-corrected chi connectivity index (χ2v) is 5.51. The zero-order valence-corrected chi connectivity index (χ0v) is 13.8. The highest BCUT2D eigenvalue weighted by molar-refractivity contribution is 5.79. The normalized spacial score (nSPS) is 10.6. The molecule has 0 saturated carbocycles. The number of aryl methyl sites for hydroxylation is 1. The van der Waals surface area contributed by atoms with E-state index in [0.29, 0.717) is 29.9 Å². The summed E-state index contributed by atoms with van der Waals surface area (Å²) >= 11 is 0. The highest BCUT2D eigenvalue weighted by Gasteiger charge is 2.08. The van der Waals surface area contributed by atoms with Crippen LogP contribution in [0.15, 0.2) is 47.4 Å². The van der Waals surface area contributed by atoms with E-state index < -0.39 is 0 Å². The lowest BCUT2D eigenvalue weighted by atomic mass is 10.3. The van der Waals surface area contributed by atoms with Gasteiger partial charge in [-0.05, 0) is 31.2 Å². The van der Waals surface area contributed by atoms with Gasteiger partial charge in [-0.1, -0.05) is 12.1 Å². The molecule has 3 aromatic rings. The van der Waals surface area contributed by atoms with E-state index in [-0.39, 0.29) is 18.0 Å². The van der Waals surface area contributed by atoms with Gasteiger partial charge < -0.3 is 10.6 Å². The van der Waals surface area contributed by atoms with Gasteiger partial charge in [-0.2, -0.15) is 5.10 Å². The largest absolute Gasteiger partial charge is 0.367 e. The first-order valence-electron chi connectivity index (χ1n) is 7.89. The minimum absolute atomic E-state index is 0.0494. The number of carbonyl (C=O) groups is 1. The van der Waals surface area contributed by atoms with Crippen molar-refractivity contribution in [1.82, 2.24) is 25.1 Å². The van der Waals surface area contributed by atoms with E-state index >= 15 is 0 Å². The van der Waals surface area contributed by atoms with Crippen LogP contribution in [0.1, 0.15) is 5.69 Å². The number of benzene rings is 1. The summed E-state index contributed by atoms with van der Waals surface area (Å²) in [7, 11) is 0. The average Bonchev–Trinajstić information content (AvgIpc) is 2.63. The van der Waals surface area contributed by atoms with Crippen molar-refractivity contribution in [3.05, 3.63) is 58.6 Å². The molecule has 0 aliphatic heterocycles. The lowest BCUT2D eigenvalue weighted by molar-refractivity contribution is -0.121. The van der Waals surface area contributed by atoms with Gasteiger partial charge in [-0.15, -0.1) is 5.10 Å². The van der Waals surface area contributed by atoms with Gasteiger partial charge in [0, 0.05) is 13.1 Å². The molecular weight excluding hydrogens is 320 g/mol. The van der Waals surface area contributed by atoms with Gasteiger partial charge in [0.25, 0.3) is 5.56 Å². The Labute approximate surface area is 143 Å². The predicted octanol–water partition coefficient (Wildman–Crippen LogP) is 0.723. The van der Waals surface area contributed by atoms with Gasteiger partial charge in [-0.3, -0.25) is 14.2 Å². The van der Waals surface area contributed by atoms with Crippen molar-refractivity contribution in [3.8, 4) is 0 Å². The zero-order valence-electron chi connectivity index (χ0n) is 13.8. The molecule has 2 heterocycles. The number of nitrogens with one attached hydrogen (secondary N) is 2. The summed E-state index contributed by atoms with van der Waals surface area (Å²) in [5, 5.41) is 13.8. The molecule has 0 atom stereocenters. The number of aromatic nitrogens is 4. The quantitative estimate of drug-likeness (QED) is 0.642. The van der Waals surface area contributed by atoms with Crippen molar-refractivity contribution in [1.29, 1.82) is 0 Å². The molecule has 0 fully saturated rings. The van der Waals surface area contributed by atoms with Crippen LogP contribution in [0.25, 0.3) is 11.0 Å². The molecule has 128 valence electrons. The van der Waals surface area contributed by atoms with Crippen molar-refractivity contribution in [2.45, 2.75) is 13.5 Å². The number of amides is 1. The maximum absolute atomic E-state index is 12.1. The van der Waals surface area contributed by atoms with E-state index in [1.807, 2.05) is 31.2 Å². The van der Waals surface area contributed by atoms with E-state index in [4.69, 9.17) is 0 Å². The molecular formula is C17H18N6O2. The lowest BCUT2D eigenvalue weighted by Crippen LogP contribution is -2.35. The molecule has 1 aromatic carbocycles. The monoisotopic (exact) mass is 338 g/mol. The maximum Gasteiger partial charge on any atom is 0.269 e. The van der Waals surface area contributed by atoms with Gasteiger partial charge in [0.1, 0.15) is 12.4 Å². The minimum atomic E-state index is -0.304. The number of hydrogen-bond acceptors (Lipinski definition) is 6. The zero-order chi connectivity index (χ0) is 17.6. The van der Waals surface area contributed by atoms with Gasteiger partial charge in [-0.25, -0.2) is 4.98 Å². The van der Waals surface area contributed by atoms with E-state index in [9.17, 15) is 9.59 Å². The SMILES string of the molecule is Cc1ccc(NCCNC(=O)Cn2c(=O)cnc3ccccc32)nn1. The highest BCUT2D eigenvalue weighted by atomic mass is 16.2. The second-order valence-electron chi connectivity index (χ2n) is 5.51. The van der Waals surface area contributed by atoms with E-state index in [0.717, 1.165) is 5.69 Å². The number of fused-ring (bicyclic) bond motifs is 1. The molecule has 0 aliphatic rings. The minimum Gasteiger partial charge on any atom is -0.367 e. The fourth-order valence-electron chi connectivity index (χ4n) is 2.36. The molecule has 8 heteroatoms. The van der Waals surface area contributed by atoms with E-state index in [1.165, 1.54) is 10.8 Å². The van der Waals surface area contributed by atoms with Crippen LogP contribution in [0.5, 0.6) is 0 Å². The maximum atomic E-state index is 12.1. The molecule has 2 aromatic heterocycles. The number of rotatable bonds is 6. The van der Waals surface area contributed by atoms with Crippen molar-refractivity contribution < 1.29 is 4.79 Å². The standard InChI is InChI=1S/C17H18N6O2/c1-12-6-7-15(22-21-12)18-8-9-19-16(24)11-23-14-5-3-2-4-13(14)20-10-17(23)25/h2-7,10H,8-9,11H2,1H3,(H,18,22)(H,19,24). The summed E-state index contributed by atoms with van der Waals surface area (Å²) in [5.41, 5.74) is 1.85. The van der Waals surface area contributed by atoms with Gasteiger partial charge in [0.05, 0.1) is 22.9 Å². The number of carbonyl (C=O) groups excluding carboxylic acids is 1. The predicted molar refractivity (Wildman–Crippen MR) is 94.3 cm³/mol. The Hall–Kier alpha value is -3.29. The molecule has 0 unspecified atom stereocenters. The van der Waals surface area contributed by atoms with Crippen LogP contribution in [-0.2, 0) is 11.3 Å². The van der Waals surface area contributed by atoms with Crippen LogP contribution in [0, 0.1) is 6.92 Å². The Morgan fingerprint density at radius 2 is 1.96 bits per heavy atom. The molecule has 25 heavy (non-hydrogen) atoms. The summed E-state index contributed by atoms with van der Waals surface area (Å²) in [5.74, 6) is 0.409. The molecule has 0 spiro atoms. The first-order valence-corrected chi connectivity index (χ1v) is 7.89. The molecule has 1 amide bonds. The summed E-state index contributed by atoms with van der Waals surface area (Å²) in [6.07, 6.45) is 1.23. The Morgan fingerprint density at radius 1 is 1.12 bits per heavy atom. The Balaban J connectivity index is 1.55. The first-order chi connectivity index (χ1) is 12.1. The van der Waals surface area contributed by atoms with Crippen molar-refractivity contribution >= 4 is 22.8 Å². The number of nitrogens with zero attached hydrogens (tertiary/aromatic N) is 4. The van der Waals surface area contributed by atoms with Crippen LogP contribution in [-0.4, -0.2) is 38.7 Å². The topological polar surface area (TPSA) is 102 Å². The molecule has 0 radical (unpaired) electrons. The summed E-state index contributed by atoms with van der Waals surface area (Å²) in [4.78, 5) is 28.2. The van der Waals surface area contributed by atoms with Crippen LogP contribution in [0.3, 0.4) is 0 Å². The van der Waals surface area contributed by atoms with Crippen LogP contribution in [0.4, 0.5) is 5.82 Å². The molecule has 3 rings (SSSR count). The Morgan fingerprint density at radius 3 is 2.76 bits per heavy atom. The smallest absolute Gasteiger partial charge is 0.269 e. The summed E-state index contributed by atoms with van der Waals surface area (Å²) in [6, 6.07) is 10.9. The number of hydrogen-bond donors (Lipinski definition) is 2. The Kier molecular flexibility index (Phi) is 4.98. The lowest BCUT2D eigenvalue weighted by Gasteiger charge is -2.10. The third-order valence-corrected chi connectivity index (χ3v) is 3.61. The first kappa shape index (κ1) is 16.6. The fourth-order valence-corrected chi connectivity index (χ4v) is 2.36.